The van der Waals surface area contributed by atoms with Gasteiger partial charge in [0.05, 0.1) is 18.8 Å². The number of nitrogens with one attached hydrogen (secondary N) is 2. The second-order valence-electron chi connectivity index (χ2n) is 8.52. The van der Waals surface area contributed by atoms with Gasteiger partial charge in [-0.15, -0.1) is 24.0 Å². The number of hydrogen-bond acceptors (Lipinski definition) is 5. The number of guanidine groups is 1. The van der Waals surface area contributed by atoms with E-state index in [4.69, 9.17) is 9.73 Å². The van der Waals surface area contributed by atoms with Gasteiger partial charge in [0.25, 0.3) is 0 Å². The third-order valence-corrected chi connectivity index (χ3v) is 7.40. The van der Waals surface area contributed by atoms with Crippen LogP contribution in [0.1, 0.15) is 45.4 Å². The average molecular weight is 527 g/mol. The van der Waals surface area contributed by atoms with Crippen LogP contribution in [0, 0.1) is 5.41 Å². The predicted octanol–water partition coefficient (Wildman–Crippen LogP) is 2.31. The molecule has 2 aliphatic heterocycles. The summed E-state index contributed by atoms with van der Waals surface area (Å²) in [4.78, 5) is 7.56. The number of rotatable bonds is 7. The second-order valence-corrected chi connectivity index (χ2v) is 9.63. The Bertz CT molecular complexity index is 477. The van der Waals surface area contributed by atoms with Crippen LogP contribution in [0.4, 0.5) is 0 Å². The molecule has 1 atom stereocenters. The number of thioether (sulfide) groups is 1. The predicted molar refractivity (Wildman–Crippen MR) is 129 cm³/mol. The molecule has 3 rings (SSSR count). The van der Waals surface area contributed by atoms with Crippen LogP contribution in [-0.4, -0.2) is 85.6 Å². The van der Waals surface area contributed by atoms with Gasteiger partial charge >= 0.3 is 0 Å². The maximum Gasteiger partial charge on any atom is 0.191 e. The third-order valence-electron chi connectivity index (χ3n) is 6.16. The van der Waals surface area contributed by atoms with E-state index in [1.807, 2.05) is 11.8 Å². The van der Waals surface area contributed by atoms with Crippen LogP contribution in [-0.2, 0) is 4.74 Å². The normalized spacial score (nSPS) is 28.6. The van der Waals surface area contributed by atoms with Crippen LogP contribution in [0.15, 0.2) is 4.99 Å². The molecule has 2 heterocycles. The van der Waals surface area contributed by atoms with Crippen LogP contribution >= 0.6 is 35.7 Å². The van der Waals surface area contributed by atoms with Crippen molar-refractivity contribution < 1.29 is 9.84 Å². The van der Waals surface area contributed by atoms with Crippen molar-refractivity contribution in [2.75, 3.05) is 64.0 Å². The van der Waals surface area contributed by atoms with E-state index < -0.39 is 5.60 Å². The number of hydrogen-bond donors (Lipinski definition) is 3. The first-order chi connectivity index (χ1) is 13.1. The van der Waals surface area contributed by atoms with Crippen LogP contribution in [0.5, 0.6) is 0 Å². The topological polar surface area (TPSA) is 69.1 Å². The fourth-order valence-corrected chi connectivity index (χ4v) is 5.77. The van der Waals surface area contributed by atoms with Crippen molar-refractivity contribution in [3.63, 3.8) is 0 Å². The molecule has 1 saturated carbocycles. The summed E-state index contributed by atoms with van der Waals surface area (Å²) in [6, 6.07) is 0. The molecular formula is C20H39IN4O2S. The second kappa shape index (κ2) is 12.2. The van der Waals surface area contributed by atoms with E-state index in [0.29, 0.717) is 6.54 Å². The van der Waals surface area contributed by atoms with Gasteiger partial charge in [-0.2, -0.15) is 11.8 Å². The SMILES string of the molecule is CCNC(=NCC1(CN2CCOCC2)CCCCC1)NCC1(O)CCSC1.I. The van der Waals surface area contributed by atoms with Crippen molar-refractivity contribution in [1.82, 2.24) is 15.5 Å². The lowest BCUT2D eigenvalue weighted by molar-refractivity contribution is 0.00937. The van der Waals surface area contributed by atoms with Crippen molar-refractivity contribution in [2.45, 2.75) is 51.0 Å². The lowest BCUT2D eigenvalue weighted by atomic mass is 9.73. The van der Waals surface area contributed by atoms with Crippen molar-refractivity contribution in [3.05, 3.63) is 0 Å². The molecule has 28 heavy (non-hydrogen) atoms. The Balaban J connectivity index is 0.00000280. The maximum absolute atomic E-state index is 10.6. The number of halogens is 1. The summed E-state index contributed by atoms with van der Waals surface area (Å²) in [5, 5.41) is 17.4. The molecule has 164 valence electrons. The summed E-state index contributed by atoms with van der Waals surface area (Å²) < 4.78 is 5.53. The molecule has 8 heteroatoms. The third kappa shape index (κ3) is 7.49. The van der Waals surface area contributed by atoms with E-state index in [9.17, 15) is 5.11 Å². The Morgan fingerprint density at radius 3 is 2.54 bits per heavy atom. The van der Waals surface area contributed by atoms with Crippen molar-refractivity contribution in [3.8, 4) is 0 Å². The van der Waals surface area contributed by atoms with Gasteiger partial charge in [0.15, 0.2) is 5.96 Å². The van der Waals surface area contributed by atoms with Gasteiger partial charge in [0, 0.05) is 50.4 Å². The highest BCUT2D eigenvalue weighted by Crippen LogP contribution is 2.37. The molecule has 0 radical (unpaired) electrons. The summed E-state index contributed by atoms with van der Waals surface area (Å²) in [5.74, 6) is 2.73. The van der Waals surface area contributed by atoms with Gasteiger partial charge in [0.2, 0.25) is 0 Å². The van der Waals surface area contributed by atoms with E-state index in [-0.39, 0.29) is 29.4 Å². The molecule has 0 aromatic heterocycles. The molecule has 3 aliphatic rings. The van der Waals surface area contributed by atoms with E-state index in [0.717, 1.165) is 69.8 Å². The number of morpholine rings is 1. The first-order valence-electron chi connectivity index (χ1n) is 10.8. The molecule has 3 fully saturated rings. The zero-order valence-electron chi connectivity index (χ0n) is 17.4. The molecule has 0 bridgehead atoms. The fourth-order valence-electron chi connectivity index (χ4n) is 4.47. The molecule has 1 unspecified atom stereocenters. The Hall–Kier alpha value is 0.230. The monoisotopic (exact) mass is 526 g/mol. The molecule has 0 spiro atoms. The Morgan fingerprint density at radius 1 is 1.14 bits per heavy atom. The molecule has 0 aromatic rings. The Labute approximate surface area is 192 Å². The molecule has 6 nitrogen and oxygen atoms in total. The summed E-state index contributed by atoms with van der Waals surface area (Å²) in [7, 11) is 0. The molecule has 1 aliphatic carbocycles. The fraction of sp³-hybridized carbons (Fsp3) is 0.950. The number of ether oxygens (including phenoxy) is 1. The van der Waals surface area contributed by atoms with Crippen molar-refractivity contribution in [2.24, 2.45) is 10.4 Å². The minimum absolute atomic E-state index is 0. The number of aliphatic hydroxyl groups is 1. The molecule has 0 aromatic carbocycles. The van der Waals surface area contributed by atoms with E-state index in [1.165, 1.54) is 32.1 Å². The Morgan fingerprint density at radius 2 is 1.89 bits per heavy atom. The summed E-state index contributed by atoms with van der Waals surface area (Å²) >= 11 is 1.83. The van der Waals surface area contributed by atoms with Crippen LogP contribution in [0.2, 0.25) is 0 Å². The molecule has 2 saturated heterocycles. The smallest absolute Gasteiger partial charge is 0.191 e. The van der Waals surface area contributed by atoms with Crippen LogP contribution < -0.4 is 10.6 Å². The van der Waals surface area contributed by atoms with Gasteiger partial charge in [-0.1, -0.05) is 19.3 Å². The minimum atomic E-state index is -0.586. The molecular weight excluding hydrogens is 487 g/mol. The summed E-state index contributed by atoms with van der Waals surface area (Å²) in [6.45, 7) is 9.36. The number of nitrogens with zero attached hydrogens (tertiary/aromatic N) is 2. The lowest BCUT2D eigenvalue weighted by Crippen LogP contribution is -2.49. The zero-order chi connectivity index (χ0) is 19.0. The highest BCUT2D eigenvalue weighted by atomic mass is 127. The van der Waals surface area contributed by atoms with E-state index >= 15 is 0 Å². The Kier molecular flexibility index (Phi) is 10.7. The molecule has 3 N–H and O–H groups in total. The minimum Gasteiger partial charge on any atom is -0.387 e. The standard InChI is InChI=1S/C20H38N4O2S.HI/c1-2-21-18(23-15-20(25)8-13-27-17-20)22-14-19(6-4-3-5-7-19)16-24-9-11-26-12-10-24;/h25H,2-17H2,1H3,(H2,21,22,23);1H. The maximum atomic E-state index is 10.6. The van der Waals surface area contributed by atoms with Crippen LogP contribution in [0.3, 0.4) is 0 Å². The first-order valence-corrected chi connectivity index (χ1v) is 11.9. The summed E-state index contributed by atoms with van der Waals surface area (Å²) in [5.41, 5.74) is -0.296. The van der Waals surface area contributed by atoms with Gasteiger partial charge in [0.1, 0.15) is 0 Å². The average Bonchev–Trinajstić information content (AvgIpc) is 3.12. The zero-order valence-corrected chi connectivity index (χ0v) is 20.5. The number of aliphatic imine (C=N–C) groups is 1. The van der Waals surface area contributed by atoms with E-state index in [1.54, 1.807) is 0 Å². The highest BCUT2D eigenvalue weighted by Gasteiger charge is 2.35. The van der Waals surface area contributed by atoms with E-state index in [2.05, 4.69) is 22.5 Å². The van der Waals surface area contributed by atoms with Crippen LogP contribution in [0.25, 0.3) is 0 Å². The van der Waals surface area contributed by atoms with Crippen molar-refractivity contribution >= 4 is 41.7 Å². The first kappa shape index (κ1) is 24.5. The summed E-state index contributed by atoms with van der Waals surface area (Å²) in [6.07, 6.45) is 7.41. The largest absolute Gasteiger partial charge is 0.387 e. The molecule has 0 amide bonds. The van der Waals surface area contributed by atoms with Crippen molar-refractivity contribution in [1.29, 1.82) is 0 Å². The lowest BCUT2D eigenvalue weighted by Gasteiger charge is -2.41. The highest BCUT2D eigenvalue weighted by molar-refractivity contribution is 14.0. The van der Waals surface area contributed by atoms with Gasteiger partial charge in [-0.05, 0) is 31.9 Å². The van der Waals surface area contributed by atoms with Gasteiger partial charge in [-0.25, -0.2) is 0 Å². The van der Waals surface area contributed by atoms with Gasteiger partial charge in [-0.3, -0.25) is 9.89 Å². The quantitative estimate of drug-likeness (QED) is 0.269. The van der Waals surface area contributed by atoms with Gasteiger partial charge < -0.3 is 20.5 Å².